The number of likely N-dealkylation sites (tertiary alicyclic amines) is 1. The molecule has 0 saturated carbocycles. The Kier molecular flexibility index (Phi) is 4.95. The maximum Gasteiger partial charge on any atom is 0.322 e. The lowest BCUT2D eigenvalue weighted by atomic mass is 9.87. The van der Waals surface area contributed by atoms with E-state index in [1.54, 1.807) is 17.0 Å². The molecule has 0 radical (unpaired) electrons. The Morgan fingerprint density at radius 2 is 2.00 bits per heavy atom. The van der Waals surface area contributed by atoms with Gasteiger partial charge in [0, 0.05) is 18.7 Å². The molecular weight excluding hydrogens is 362 g/mol. The number of urea groups is 1. The summed E-state index contributed by atoms with van der Waals surface area (Å²) in [7, 11) is 1.48. The lowest BCUT2D eigenvalue weighted by Gasteiger charge is -2.37. The molecule has 2 heterocycles. The monoisotopic (exact) mass is 381 g/mol. The van der Waals surface area contributed by atoms with Crippen molar-refractivity contribution in [2.45, 2.75) is 25.3 Å². The third kappa shape index (κ3) is 3.16. The van der Waals surface area contributed by atoms with Gasteiger partial charge in [0.25, 0.3) is 11.8 Å². The van der Waals surface area contributed by atoms with Crippen molar-refractivity contribution in [3.8, 4) is 11.5 Å². The number of rotatable bonds is 4. The van der Waals surface area contributed by atoms with Crippen LogP contribution in [-0.4, -0.2) is 55.1 Å². The van der Waals surface area contributed by atoms with Gasteiger partial charge in [-0.15, -0.1) is 0 Å². The van der Waals surface area contributed by atoms with Gasteiger partial charge in [0.15, 0.2) is 11.5 Å². The molecule has 2 aliphatic heterocycles. The highest BCUT2D eigenvalue weighted by Crippen LogP contribution is 2.37. The van der Waals surface area contributed by atoms with Crippen molar-refractivity contribution in [2.24, 2.45) is 0 Å². The SMILES string of the molecule is CCOc1c(Cl)cc(C(=O)N2CCC3(CC2)NC(=O)NC3=O)cc1OC. The average Bonchev–Trinajstić information content (AvgIpc) is 2.89. The second kappa shape index (κ2) is 7.03. The van der Waals surface area contributed by atoms with Crippen LogP contribution in [0.5, 0.6) is 11.5 Å². The second-order valence-electron chi connectivity index (χ2n) is 6.21. The Labute approximate surface area is 155 Å². The Hall–Kier alpha value is -2.48. The van der Waals surface area contributed by atoms with Crippen LogP contribution in [0.1, 0.15) is 30.1 Å². The molecule has 8 nitrogen and oxygen atoms in total. The number of halogens is 1. The standard InChI is InChI=1S/C17H20ClN3O5/c1-3-26-13-11(18)8-10(9-12(13)25-2)14(22)21-6-4-17(5-7-21)15(23)19-16(24)20-17/h8-9H,3-7H2,1-2H3,(H2,19,20,23,24). The summed E-state index contributed by atoms with van der Waals surface area (Å²) in [6, 6.07) is 2.65. The first-order valence-corrected chi connectivity index (χ1v) is 8.71. The van der Waals surface area contributed by atoms with Crippen molar-refractivity contribution >= 4 is 29.4 Å². The van der Waals surface area contributed by atoms with Gasteiger partial charge < -0.3 is 19.7 Å². The number of imide groups is 1. The minimum Gasteiger partial charge on any atom is -0.493 e. The maximum absolute atomic E-state index is 12.8. The first-order valence-electron chi connectivity index (χ1n) is 8.33. The largest absolute Gasteiger partial charge is 0.493 e. The molecular formula is C17H20ClN3O5. The van der Waals surface area contributed by atoms with Gasteiger partial charge in [-0.05, 0) is 31.9 Å². The molecule has 9 heteroatoms. The van der Waals surface area contributed by atoms with Crippen LogP contribution in [0, 0.1) is 0 Å². The van der Waals surface area contributed by atoms with E-state index in [-0.39, 0.29) is 11.8 Å². The molecule has 3 rings (SSSR count). The number of carbonyl (C=O) groups excluding carboxylic acids is 3. The molecule has 1 spiro atoms. The Balaban J connectivity index is 1.76. The van der Waals surface area contributed by atoms with Gasteiger partial charge in [0.1, 0.15) is 5.54 Å². The summed E-state index contributed by atoms with van der Waals surface area (Å²) in [6.45, 7) is 2.95. The van der Waals surface area contributed by atoms with Crippen molar-refractivity contribution in [1.29, 1.82) is 0 Å². The fourth-order valence-corrected chi connectivity index (χ4v) is 3.55. The first-order chi connectivity index (χ1) is 12.4. The van der Waals surface area contributed by atoms with Gasteiger partial charge in [0.2, 0.25) is 0 Å². The zero-order valence-corrected chi connectivity index (χ0v) is 15.3. The van der Waals surface area contributed by atoms with Crippen LogP contribution in [0.2, 0.25) is 5.02 Å². The summed E-state index contributed by atoms with van der Waals surface area (Å²) in [5, 5.41) is 5.22. The molecule has 0 unspecified atom stereocenters. The van der Waals surface area contributed by atoms with Gasteiger partial charge in [0.05, 0.1) is 18.7 Å². The predicted molar refractivity (Wildman–Crippen MR) is 93.7 cm³/mol. The summed E-state index contributed by atoms with van der Waals surface area (Å²) in [5.41, 5.74) is -0.534. The van der Waals surface area contributed by atoms with Crippen molar-refractivity contribution < 1.29 is 23.9 Å². The van der Waals surface area contributed by atoms with Gasteiger partial charge in [-0.2, -0.15) is 0 Å². The Morgan fingerprint density at radius 3 is 2.54 bits per heavy atom. The number of benzene rings is 1. The number of carbonyl (C=O) groups is 3. The quantitative estimate of drug-likeness (QED) is 0.771. The van der Waals surface area contributed by atoms with Crippen LogP contribution in [0.3, 0.4) is 0 Å². The van der Waals surface area contributed by atoms with E-state index in [0.29, 0.717) is 54.6 Å². The molecule has 2 saturated heterocycles. The molecule has 0 aliphatic carbocycles. The second-order valence-corrected chi connectivity index (χ2v) is 6.61. The number of hydrogen-bond acceptors (Lipinski definition) is 5. The third-order valence-corrected chi connectivity index (χ3v) is 4.96. The number of nitrogens with one attached hydrogen (secondary N) is 2. The highest BCUT2D eigenvalue weighted by Gasteiger charge is 2.48. The van der Waals surface area contributed by atoms with E-state index in [2.05, 4.69) is 10.6 Å². The number of ether oxygens (including phenoxy) is 2. The van der Waals surface area contributed by atoms with Gasteiger partial charge in [-0.25, -0.2) is 4.79 Å². The van der Waals surface area contributed by atoms with Crippen LogP contribution in [0.15, 0.2) is 12.1 Å². The van der Waals surface area contributed by atoms with Crippen LogP contribution >= 0.6 is 11.6 Å². The minimum atomic E-state index is -0.915. The Bertz CT molecular complexity index is 759. The summed E-state index contributed by atoms with van der Waals surface area (Å²) < 4.78 is 10.7. The Morgan fingerprint density at radius 1 is 1.31 bits per heavy atom. The topological polar surface area (TPSA) is 97.0 Å². The molecule has 4 amide bonds. The number of methoxy groups -OCH3 is 1. The lowest BCUT2D eigenvalue weighted by Crippen LogP contribution is -2.55. The number of amides is 4. The smallest absolute Gasteiger partial charge is 0.322 e. The fourth-order valence-electron chi connectivity index (χ4n) is 3.28. The number of nitrogens with zero attached hydrogens (tertiary/aromatic N) is 1. The maximum atomic E-state index is 12.8. The van der Waals surface area contributed by atoms with E-state index >= 15 is 0 Å². The summed E-state index contributed by atoms with van der Waals surface area (Å²) >= 11 is 6.23. The summed E-state index contributed by atoms with van der Waals surface area (Å²) in [5.74, 6) is 0.239. The molecule has 1 aromatic rings. The molecule has 26 heavy (non-hydrogen) atoms. The first kappa shape index (κ1) is 18.3. The molecule has 0 aromatic heterocycles. The van der Waals surface area contributed by atoms with Crippen LogP contribution in [0.4, 0.5) is 4.79 Å². The van der Waals surface area contributed by atoms with E-state index in [9.17, 15) is 14.4 Å². The fraction of sp³-hybridized carbons (Fsp3) is 0.471. The molecule has 2 fully saturated rings. The van der Waals surface area contributed by atoms with Crippen molar-refractivity contribution in [3.05, 3.63) is 22.7 Å². The van der Waals surface area contributed by atoms with Gasteiger partial charge in [-0.1, -0.05) is 11.6 Å². The summed E-state index contributed by atoms with van der Waals surface area (Å²) in [4.78, 5) is 37.8. The average molecular weight is 382 g/mol. The van der Waals surface area contributed by atoms with E-state index in [1.165, 1.54) is 7.11 Å². The van der Waals surface area contributed by atoms with Crippen LogP contribution in [0.25, 0.3) is 0 Å². The van der Waals surface area contributed by atoms with Crippen molar-refractivity contribution in [3.63, 3.8) is 0 Å². The molecule has 0 bridgehead atoms. The van der Waals surface area contributed by atoms with E-state index in [1.807, 2.05) is 6.92 Å². The zero-order chi connectivity index (χ0) is 18.9. The molecule has 1 aromatic carbocycles. The van der Waals surface area contributed by atoms with Crippen molar-refractivity contribution in [2.75, 3.05) is 26.8 Å². The predicted octanol–water partition coefficient (Wildman–Crippen LogP) is 1.56. The highest BCUT2D eigenvalue weighted by atomic mass is 35.5. The van der Waals surface area contributed by atoms with E-state index in [0.717, 1.165) is 0 Å². The normalized spacial score (nSPS) is 18.5. The highest BCUT2D eigenvalue weighted by molar-refractivity contribution is 6.32. The summed E-state index contributed by atoms with van der Waals surface area (Å²) in [6.07, 6.45) is 0.719. The number of hydrogen-bond donors (Lipinski definition) is 2. The molecule has 0 atom stereocenters. The number of piperidine rings is 1. The third-order valence-electron chi connectivity index (χ3n) is 4.68. The van der Waals surface area contributed by atoms with E-state index in [4.69, 9.17) is 21.1 Å². The van der Waals surface area contributed by atoms with Crippen LogP contribution in [-0.2, 0) is 4.79 Å². The van der Waals surface area contributed by atoms with Gasteiger partial charge in [-0.3, -0.25) is 14.9 Å². The van der Waals surface area contributed by atoms with E-state index < -0.39 is 11.6 Å². The minimum absolute atomic E-state index is 0.215. The zero-order valence-electron chi connectivity index (χ0n) is 14.6. The van der Waals surface area contributed by atoms with Gasteiger partial charge >= 0.3 is 6.03 Å². The molecule has 2 aliphatic rings. The van der Waals surface area contributed by atoms with Crippen LogP contribution < -0.4 is 20.1 Å². The molecule has 140 valence electrons. The van der Waals surface area contributed by atoms with Crippen molar-refractivity contribution in [1.82, 2.24) is 15.5 Å². The lowest BCUT2D eigenvalue weighted by molar-refractivity contribution is -0.125. The molecule has 2 N–H and O–H groups in total.